The molecule has 2 unspecified atom stereocenters. The summed E-state index contributed by atoms with van der Waals surface area (Å²) in [6, 6.07) is 5.19. The van der Waals surface area contributed by atoms with Gasteiger partial charge in [-0.1, -0.05) is 25.0 Å². The highest BCUT2D eigenvalue weighted by Gasteiger charge is 2.22. The molecule has 4 heteroatoms. The normalized spacial score (nSPS) is 23.9. The van der Waals surface area contributed by atoms with Crippen molar-refractivity contribution in [1.29, 1.82) is 0 Å². The minimum atomic E-state index is -0.321. The van der Waals surface area contributed by atoms with E-state index in [9.17, 15) is 9.50 Å². The third-order valence-corrected chi connectivity index (χ3v) is 3.55. The van der Waals surface area contributed by atoms with Gasteiger partial charge in [0.1, 0.15) is 0 Å². The van der Waals surface area contributed by atoms with Gasteiger partial charge >= 0.3 is 0 Å². The van der Waals surface area contributed by atoms with E-state index in [-0.39, 0.29) is 23.7 Å². The molecular formula is C14H20FNO2. The number of rotatable bonds is 4. The van der Waals surface area contributed by atoms with E-state index < -0.39 is 0 Å². The Labute approximate surface area is 107 Å². The van der Waals surface area contributed by atoms with Gasteiger partial charge in [-0.2, -0.15) is 0 Å². The van der Waals surface area contributed by atoms with E-state index in [1.807, 2.05) is 0 Å². The Morgan fingerprint density at radius 1 is 1.39 bits per heavy atom. The summed E-state index contributed by atoms with van der Waals surface area (Å²) in [6.45, 7) is 0.421. The van der Waals surface area contributed by atoms with Crippen LogP contribution >= 0.6 is 0 Å². The fraction of sp³-hybridized carbons (Fsp3) is 0.571. The molecule has 2 atom stereocenters. The van der Waals surface area contributed by atoms with Crippen molar-refractivity contribution in [3.63, 3.8) is 0 Å². The van der Waals surface area contributed by atoms with Gasteiger partial charge in [-0.3, -0.25) is 0 Å². The van der Waals surface area contributed by atoms with E-state index in [1.54, 1.807) is 18.2 Å². The molecule has 0 heterocycles. The van der Waals surface area contributed by atoms with E-state index in [0.29, 0.717) is 12.1 Å². The summed E-state index contributed by atoms with van der Waals surface area (Å²) in [5.41, 5.74) is 0.576. The zero-order valence-electron chi connectivity index (χ0n) is 10.7. The van der Waals surface area contributed by atoms with Crippen LogP contribution in [-0.4, -0.2) is 24.4 Å². The highest BCUT2D eigenvalue weighted by atomic mass is 19.1. The zero-order chi connectivity index (χ0) is 13.0. The van der Waals surface area contributed by atoms with Crippen molar-refractivity contribution >= 4 is 0 Å². The molecule has 0 aliphatic heterocycles. The molecule has 0 spiro atoms. The SMILES string of the molecule is COc1cccc(CNC2CCCCC2O)c1F. The van der Waals surface area contributed by atoms with Crippen molar-refractivity contribution in [2.75, 3.05) is 7.11 Å². The van der Waals surface area contributed by atoms with Gasteiger partial charge < -0.3 is 15.2 Å². The second kappa shape index (κ2) is 6.16. The summed E-state index contributed by atoms with van der Waals surface area (Å²) < 4.78 is 18.8. The molecule has 3 nitrogen and oxygen atoms in total. The van der Waals surface area contributed by atoms with E-state index >= 15 is 0 Å². The summed E-state index contributed by atoms with van der Waals surface area (Å²) in [6.07, 6.45) is 3.67. The maximum absolute atomic E-state index is 13.9. The quantitative estimate of drug-likeness (QED) is 0.864. The highest BCUT2D eigenvalue weighted by molar-refractivity contribution is 5.30. The number of aliphatic hydroxyl groups excluding tert-OH is 1. The maximum atomic E-state index is 13.9. The molecule has 1 aliphatic rings. The largest absolute Gasteiger partial charge is 0.494 e. The third-order valence-electron chi connectivity index (χ3n) is 3.55. The molecule has 1 saturated carbocycles. The first-order chi connectivity index (χ1) is 8.72. The second-order valence-electron chi connectivity index (χ2n) is 4.77. The second-order valence-corrected chi connectivity index (χ2v) is 4.77. The van der Waals surface area contributed by atoms with Crippen molar-refractivity contribution in [1.82, 2.24) is 5.32 Å². The lowest BCUT2D eigenvalue weighted by molar-refractivity contribution is 0.0901. The average Bonchev–Trinajstić information content (AvgIpc) is 2.39. The van der Waals surface area contributed by atoms with Gasteiger partial charge in [-0.05, 0) is 18.9 Å². The predicted molar refractivity (Wildman–Crippen MR) is 68.1 cm³/mol. The number of halogens is 1. The van der Waals surface area contributed by atoms with Crippen LogP contribution in [0.3, 0.4) is 0 Å². The number of ether oxygens (including phenoxy) is 1. The van der Waals surface area contributed by atoms with E-state index in [2.05, 4.69) is 5.32 Å². The van der Waals surface area contributed by atoms with Gasteiger partial charge in [0, 0.05) is 18.2 Å². The van der Waals surface area contributed by atoms with Crippen molar-refractivity contribution in [2.45, 2.75) is 44.4 Å². The average molecular weight is 253 g/mol. The van der Waals surface area contributed by atoms with Crippen LogP contribution in [0.1, 0.15) is 31.2 Å². The maximum Gasteiger partial charge on any atom is 0.169 e. The summed E-state index contributed by atoms with van der Waals surface area (Å²) in [4.78, 5) is 0. The molecule has 0 radical (unpaired) electrons. The van der Waals surface area contributed by atoms with Crippen LogP contribution in [-0.2, 0) is 6.54 Å². The number of hydrogen-bond acceptors (Lipinski definition) is 3. The highest BCUT2D eigenvalue weighted by Crippen LogP contribution is 2.22. The lowest BCUT2D eigenvalue weighted by Crippen LogP contribution is -2.41. The van der Waals surface area contributed by atoms with Crippen LogP contribution < -0.4 is 10.1 Å². The molecule has 2 rings (SSSR count). The zero-order valence-corrected chi connectivity index (χ0v) is 10.7. The van der Waals surface area contributed by atoms with Gasteiger partial charge in [0.05, 0.1) is 13.2 Å². The van der Waals surface area contributed by atoms with Crippen molar-refractivity contribution in [3.8, 4) is 5.75 Å². The Kier molecular flexibility index (Phi) is 4.55. The first kappa shape index (κ1) is 13.3. The minimum Gasteiger partial charge on any atom is -0.494 e. The molecule has 0 aromatic heterocycles. The molecule has 0 saturated heterocycles. The van der Waals surface area contributed by atoms with Gasteiger partial charge in [0.25, 0.3) is 0 Å². The van der Waals surface area contributed by atoms with Gasteiger partial charge in [0.2, 0.25) is 0 Å². The first-order valence-electron chi connectivity index (χ1n) is 6.45. The van der Waals surface area contributed by atoms with Crippen LogP contribution in [0.4, 0.5) is 4.39 Å². The Morgan fingerprint density at radius 2 is 2.17 bits per heavy atom. The topological polar surface area (TPSA) is 41.5 Å². The number of hydrogen-bond donors (Lipinski definition) is 2. The van der Waals surface area contributed by atoms with Gasteiger partial charge in [0.15, 0.2) is 11.6 Å². The molecule has 1 fully saturated rings. The van der Waals surface area contributed by atoms with Crippen LogP contribution in [0.25, 0.3) is 0 Å². The monoisotopic (exact) mass is 253 g/mol. The van der Waals surface area contributed by atoms with Crippen LogP contribution in [0, 0.1) is 5.82 Å². The Bertz CT molecular complexity index is 397. The molecule has 18 heavy (non-hydrogen) atoms. The van der Waals surface area contributed by atoms with E-state index in [4.69, 9.17) is 4.74 Å². The Morgan fingerprint density at radius 3 is 2.89 bits per heavy atom. The Balaban J connectivity index is 1.97. The van der Waals surface area contributed by atoms with Gasteiger partial charge in [-0.25, -0.2) is 4.39 Å². The number of nitrogens with one attached hydrogen (secondary N) is 1. The molecule has 1 aromatic carbocycles. The number of aliphatic hydroxyl groups is 1. The lowest BCUT2D eigenvalue weighted by Gasteiger charge is -2.28. The molecule has 2 N–H and O–H groups in total. The van der Waals surface area contributed by atoms with Gasteiger partial charge in [-0.15, -0.1) is 0 Å². The molecule has 1 aromatic rings. The fourth-order valence-electron chi connectivity index (χ4n) is 2.44. The molecular weight excluding hydrogens is 233 g/mol. The predicted octanol–water partition coefficient (Wildman–Crippen LogP) is 2.23. The molecule has 100 valence electrons. The smallest absolute Gasteiger partial charge is 0.169 e. The summed E-state index contributed by atoms with van der Waals surface area (Å²) in [5, 5.41) is 13.1. The molecule has 0 amide bonds. The molecule has 1 aliphatic carbocycles. The minimum absolute atomic E-state index is 0.0735. The molecule has 0 bridgehead atoms. The van der Waals surface area contributed by atoms with Crippen LogP contribution in [0.15, 0.2) is 18.2 Å². The third kappa shape index (κ3) is 3.00. The number of benzene rings is 1. The van der Waals surface area contributed by atoms with Crippen LogP contribution in [0.5, 0.6) is 5.75 Å². The summed E-state index contributed by atoms with van der Waals surface area (Å²) >= 11 is 0. The van der Waals surface area contributed by atoms with Crippen molar-refractivity contribution < 1.29 is 14.2 Å². The first-order valence-corrected chi connectivity index (χ1v) is 6.45. The Hall–Kier alpha value is -1.13. The van der Waals surface area contributed by atoms with Crippen molar-refractivity contribution in [3.05, 3.63) is 29.6 Å². The standard InChI is InChI=1S/C14H20FNO2/c1-18-13-8-4-5-10(14(13)15)9-16-11-6-2-3-7-12(11)17/h4-5,8,11-12,16-17H,2-3,6-7,9H2,1H3. The fourth-order valence-corrected chi connectivity index (χ4v) is 2.44. The van der Waals surface area contributed by atoms with Crippen LogP contribution in [0.2, 0.25) is 0 Å². The number of methoxy groups -OCH3 is 1. The van der Waals surface area contributed by atoms with E-state index in [0.717, 1.165) is 25.7 Å². The summed E-state index contributed by atoms with van der Waals surface area (Å²) in [7, 11) is 1.46. The van der Waals surface area contributed by atoms with E-state index in [1.165, 1.54) is 7.11 Å². The summed E-state index contributed by atoms with van der Waals surface area (Å²) in [5.74, 6) is -0.0590. The lowest BCUT2D eigenvalue weighted by atomic mass is 9.92. The van der Waals surface area contributed by atoms with Crippen molar-refractivity contribution in [2.24, 2.45) is 0 Å².